The second-order valence-corrected chi connectivity index (χ2v) is 3.79. The van der Waals surface area contributed by atoms with Crippen molar-refractivity contribution in [2.45, 2.75) is 0 Å². The van der Waals surface area contributed by atoms with Crippen molar-refractivity contribution in [1.29, 1.82) is 0 Å². The fourth-order valence-electron chi connectivity index (χ4n) is 1.18. The minimum Gasteiger partial charge on any atom is -0.542 e. The summed E-state index contributed by atoms with van der Waals surface area (Å²) in [6.45, 7) is 0. The molecule has 1 radical (unpaired) electrons. The standard InChI is InChI=1S/3C5H4O3.Ti/c3*6-5(7)4-2-1-3-8-4;/h3*1-3H,(H,6,7);/q;;;+3/p-3. The first-order valence-electron chi connectivity index (χ1n) is 6.16. The van der Waals surface area contributed by atoms with E-state index in [0.29, 0.717) is 0 Å². The van der Waals surface area contributed by atoms with Crippen molar-refractivity contribution in [1.82, 2.24) is 0 Å². The molecular formula is C15H9O9Ti. The van der Waals surface area contributed by atoms with Gasteiger partial charge in [0.15, 0.2) is 0 Å². The summed E-state index contributed by atoms with van der Waals surface area (Å²) in [5, 5.41) is 29.6. The predicted molar refractivity (Wildman–Crippen MR) is 69.1 cm³/mol. The maximum absolute atomic E-state index is 9.86. The number of hydrogen-bond donors (Lipinski definition) is 0. The molecule has 0 saturated heterocycles. The van der Waals surface area contributed by atoms with E-state index in [1.54, 1.807) is 0 Å². The monoisotopic (exact) mass is 381 g/mol. The van der Waals surface area contributed by atoms with Crippen LogP contribution in [0.15, 0.2) is 68.4 Å². The number of carboxylic acids is 3. The predicted octanol–water partition coefficient (Wildman–Crippen LogP) is -1.07. The average Bonchev–Trinajstić information content (AvgIpc) is 3.29. The van der Waals surface area contributed by atoms with Crippen LogP contribution in [0, 0.1) is 0 Å². The summed E-state index contributed by atoms with van der Waals surface area (Å²) in [4.78, 5) is 29.6. The van der Waals surface area contributed by atoms with Crippen LogP contribution >= 0.6 is 0 Å². The molecule has 0 saturated carbocycles. The maximum Gasteiger partial charge on any atom is 3.00 e. The maximum atomic E-state index is 9.86. The van der Waals surface area contributed by atoms with E-state index in [9.17, 15) is 29.7 Å². The molecule has 25 heavy (non-hydrogen) atoms. The minimum absolute atomic E-state index is 0. The Morgan fingerprint density at radius 2 is 0.840 bits per heavy atom. The molecule has 0 aliphatic carbocycles. The first-order chi connectivity index (χ1) is 11.4. The van der Waals surface area contributed by atoms with Gasteiger partial charge in [0.2, 0.25) is 0 Å². The van der Waals surface area contributed by atoms with Gasteiger partial charge in [-0.3, -0.25) is 0 Å². The van der Waals surface area contributed by atoms with Crippen molar-refractivity contribution in [2.75, 3.05) is 0 Å². The van der Waals surface area contributed by atoms with Crippen LogP contribution in [0.5, 0.6) is 0 Å². The summed E-state index contributed by atoms with van der Waals surface area (Å²) in [6.07, 6.45) is 3.85. The molecule has 3 heterocycles. The molecule has 0 aliphatic rings. The Balaban J connectivity index is 0.000000339. The van der Waals surface area contributed by atoms with E-state index < -0.39 is 17.9 Å². The van der Waals surface area contributed by atoms with Crippen LogP contribution < -0.4 is 15.3 Å². The summed E-state index contributed by atoms with van der Waals surface area (Å²) < 4.78 is 13.3. The second kappa shape index (κ2) is 11.5. The number of aromatic carboxylic acids is 3. The Labute approximate surface area is 155 Å². The van der Waals surface area contributed by atoms with Gasteiger partial charge >= 0.3 is 21.7 Å². The van der Waals surface area contributed by atoms with Gasteiger partial charge in [0.05, 0.1) is 18.8 Å². The van der Waals surface area contributed by atoms with Gasteiger partial charge < -0.3 is 43.0 Å². The zero-order valence-corrected chi connectivity index (χ0v) is 13.9. The largest absolute Gasteiger partial charge is 3.00 e. The van der Waals surface area contributed by atoms with Crippen LogP contribution in [0.25, 0.3) is 0 Å². The van der Waals surface area contributed by atoms with Gasteiger partial charge in [0, 0.05) is 0 Å². The third-order valence-corrected chi connectivity index (χ3v) is 2.17. The molecule has 3 aromatic rings. The fraction of sp³-hybridized carbons (Fsp3) is 0. The Morgan fingerprint density at radius 3 is 0.920 bits per heavy atom. The van der Waals surface area contributed by atoms with E-state index in [-0.39, 0.29) is 39.0 Å². The summed E-state index contributed by atoms with van der Waals surface area (Å²) in [5.41, 5.74) is 0. The third-order valence-electron chi connectivity index (χ3n) is 2.17. The van der Waals surface area contributed by atoms with Crippen molar-refractivity contribution < 1.29 is 64.7 Å². The van der Waals surface area contributed by atoms with Crippen LogP contribution in [0.3, 0.4) is 0 Å². The summed E-state index contributed by atoms with van der Waals surface area (Å²) in [5.74, 6) is -4.25. The second-order valence-electron chi connectivity index (χ2n) is 3.79. The molecule has 0 N–H and O–H groups in total. The number of carbonyl (C=O) groups excluding carboxylic acids is 3. The molecule has 127 valence electrons. The van der Waals surface area contributed by atoms with Gasteiger partial charge in [-0.25, -0.2) is 0 Å². The molecule has 0 fully saturated rings. The number of carboxylic acid groups (broad SMARTS) is 3. The number of carbonyl (C=O) groups is 3. The van der Waals surface area contributed by atoms with Crippen molar-refractivity contribution in [3.05, 3.63) is 72.5 Å². The molecule has 0 amide bonds. The molecular weight excluding hydrogens is 372 g/mol. The van der Waals surface area contributed by atoms with E-state index in [1.165, 1.54) is 55.2 Å². The zero-order chi connectivity index (χ0) is 17.9. The normalized spacial score (nSPS) is 8.64. The first-order valence-corrected chi connectivity index (χ1v) is 6.16. The van der Waals surface area contributed by atoms with Crippen molar-refractivity contribution >= 4 is 17.9 Å². The van der Waals surface area contributed by atoms with Crippen molar-refractivity contribution in [3.63, 3.8) is 0 Å². The Bertz CT molecular complexity index is 638. The zero-order valence-electron chi connectivity index (χ0n) is 12.4. The summed E-state index contributed by atoms with van der Waals surface area (Å²) in [6, 6.07) is 8.46. The van der Waals surface area contributed by atoms with E-state index in [2.05, 4.69) is 13.3 Å². The Kier molecular flexibility index (Phi) is 10.1. The van der Waals surface area contributed by atoms with Crippen LogP contribution in [-0.2, 0) is 21.7 Å². The van der Waals surface area contributed by atoms with Gasteiger partial charge in [0.1, 0.15) is 35.2 Å². The molecule has 3 rings (SSSR count). The van der Waals surface area contributed by atoms with E-state index in [4.69, 9.17) is 0 Å². The smallest absolute Gasteiger partial charge is 0.542 e. The molecule has 0 aliphatic heterocycles. The van der Waals surface area contributed by atoms with Crippen LogP contribution in [0.2, 0.25) is 0 Å². The van der Waals surface area contributed by atoms with Gasteiger partial charge in [0.25, 0.3) is 0 Å². The topological polar surface area (TPSA) is 160 Å². The van der Waals surface area contributed by atoms with Gasteiger partial charge in [-0.15, -0.1) is 0 Å². The molecule has 0 bridgehead atoms. The summed E-state index contributed by atoms with van der Waals surface area (Å²) >= 11 is 0. The van der Waals surface area contributed by atoms with Gasteiger partial charge in [-0.2, -0.15) is 0 Å². The molecule has 3 aromatic heterocycles. The van der Waals surface area contributed by atoms with Crippen molar-refractivity contribution in [3.8, 4) is 0 Å². The van der Waals surface area contributed by atoms with Crippen molar-refractivity contribution in [2.24, 2.45) is 0 Å². The van der Waals surface area contributed by atoms with E-state index in [1.807, 2.05) is 0 Å². The third kappa shape index (κ3) is 8.40. The van der Waals surface area contributed by atoms with Gasteiger partial charge in [-0.05, 0) is 36.4 Å². The SMILES string of the molecule is O=C([O-])c1ccco1.O=C([O-])c1ccco1.O=C([O-])c1ccco1.[Ti+3]. The minimum atomic E-state index is -1.28. The van der Waals surface area contributed by atoms with E-state index >= 15 is 0 Å². The number of rotatable bonds is 3. The van der Waals surface area contributed by atoms with Gasteiger partial charge in [-0.1, -0.05) is 0 Å². The molecule has 0 atom stereocenters. The molecule has 0 spiro atoms. The van der Waals surface area contributed by atoms with E-state index in [0.717, 1.165) is 0 Å². The molecule has 10 heteroatoms. The first kappa shape index (κ1) is 22.0. The van der Waals surface area contributed by atoms with Crippen LogP contribution in [0.1, 0.15) is 31.7 Å². The number of hydrogen-bond acceptors (Lipinski definition) is 9. The van der Waals surface area contributed by atoms with Crippen LogP contribution in [0.4, 0.5) is 0 Å². The number of furan rings is 3. The molecule has 0 aromatic carbocycles. The summed E-state index contributed by atoms with van der Waals surface area (Å²) in [7, 11) is 0. The quantitative estimate of drug-likeness (QED) is 0.514. The Morgan fingerprint density at radius 1 is 0.600 bits per heavy atom. The average molecular weight is 381 g/mol. The Hall–Kier alpha value is -3.04. The fourth-order valence-corrected chi connectivity index (χ4v) is 1.18. The molecule has 0 unspecified atom stereocenters. The van der Waals surface area contributed by atoms with Crippen LogP contribution in [-0.4, -0.2) is 17.9 Å². The molecule has 9 nitrogen and oxygen atoms in total.